The van der Waals surface area contributed by atoms with E-state index < -0.39 is 0 Å². The van der Waals surface area contributed by atoms with Gasteiger partial charge in [-0.3, -0.25) is 0 Å². The van der Waals surface area contributed by atoms with E-state index in [1.807, 2.05) is 20.9 Å². The van der Waals surface area contributed by atoms with Gasteiger partial charge in [0, 0.05) is 18.6 Å². The van der Waals surface area contributed by atoms with Crippen LogP contribution in [0, 0.1) is 0 Å². The van der Waals surface area contributed by atoms with E-state index in [2.05, 4.69) is 26.1 Å². The summed E-state index contributed by atoms with van der Waals surface area (Å²) in [5, 5.41) is 2.87. The normalized spacial score (nSPS) is 11.6. The Labute approximate surface area is 81.5 Å². The maximum atomic E-state index is 11.6. The lowest BCUT2D eigenvalue weighted by Crippen LogP contribution is -2.50. The molecule has 0 aromatic rings. The highest BCUT2D eigenvalue weighted by Gasteiger charge is 2.25. The number of rotatable bonds is 3. The number of hydrogen-bond acceptors (Lipinski definition) is 1. The third-order valence-electron chi connectivity index (χ3n) is 2.49. The summed E-state index contributed by atoms with van der Waals surface area (Å²) < 4.78 is 0. The van der Waals surface area contributed by atoms with Crippen molar-refractivity contribution in [2.24, 2.45) is 0 Å². The number of hydrogen-bond donors (Lipinski definition) is 1. The molecule has 0 saturated heterocycles. The molecule has 0 saturated carbocycles. The average Bonchev–Trinajstić information content (AvgIpc) is 2.01. The van der Waals surface area contributed by atoms with E-state index in [0.717, 1.165) is 6.42 Å². The molecule has 0 unspecified atom stereocenters. The molecule has 0 spiro atoms. The molecule has 0 radical (unpaired) electrons. The van der Waals surface area contributed by atoms with Crippen molar-refractivity contribution >= 4 is 6.03 Å². The van der Waals surface area contributed by atoms with Crippen molar-refractivity contribution in [3.8, 4) is 0 Å². The number of urea groups is 1. The molecule has 0 aliphatic heterocycles. The minimum absolute atomic E-state index is 0.00171. The van der Waals surface area contributed by atoms with Crippen LogP contribution in [0.15, 0.2) is 0 Å². The van der Waals surface area contributed by atoms with Crippen LogP contribution in [0.4, 0.5) is 4.79 Å². The minimum Gasteiger partial charge on any atom is -0.336 e. The summed E-state index contributed by atoms with van der Waals surface area (Å²) in [5.74, 6) is 0. The third-order valence-corrected chi connectivity index (χ3v) is 2.49. The fourth-order valence-corrected chi connectivity index (χ4v) is 0.856. The zero-order chi connectivity index (χ0) is 10.6. The van der Waals surface area contributed by atoms with Crippen LogP contribution in [-0.4, -0.2) is 29.6 Å². The maximum absolute atomic E-state index is 11.6. The topological polar surface area (TPSA) is 32.3 Å². The lowest BCUT2D eigenvalue weighted by molar-refractivity contribution is 0.151. The van der Waals surface area contributed by atoms with Crippen LogP contribution < -0.4 is 5.32 Å². The summed E-state index contributed by atoms with van der Waals surface area (Å²) in [4.78, 5) is 13.3. The molecule has 3 heteroatoms. The smallest absolute Gasteiger partial charge is 0.317 e. The van der Waals surface area contributed by atoms with Gasteiger partial charge in [-0.25, -0.2) is 4.79 Å². The van der Waals surface area contributed by atoms with Gasteiger partial charge in [0.15, 0.2) is 0 Å². The van der Waals surface area contributed by atoms with Crippen molar-refractivity contribution in [1.29, 1.82) is 0 Å². The zero-order valence-electron chi connectivity index (χ0n) is 9.64. The molecule has 3 nitrogen and oxygen atoms in total. The van der Waals surface area contributed by atoms with Crippen LogP contribution in [-0.2, 0) is 0 Å². The molecule has 0 aromatic carbocycles. The van der Waals surface area contributed by atoms with Crippen molar-refractivity contribution in [3.63, 3.8) is 0 Å². The Bertz CT molecular complexity index is 176. The second kappa shape index (κ2) is 4.49. The molecule has 78 valence electrons. The molecule has 0 heterocycles. The first-order valence-corrected chi connectivity index (χ1v) is 4.85. The molecular formula is C10H22N2O. The molecule has 0 aliphatic rings. The second-order valence-electron chi connectivity index (χ2n) is 4.33. The van der Waals surface area contributed by atoms with E-state index >= 15 is 0 Å². The number of nitrogens with one attached hydrogen (secondary N) is 1. The van der Waals surface area contributed by atoms with Crippen molar-refractivity contribution in [1.82, 2.24) is 10.2 Å². The fraction of sp³-hybridized carbons (Fsp3) is 0.900. The molecule has 0 rings (SSSR count). The molecule has 2 amide bonds. The van der Waals surface area contributed by atoms with Crippen molar-refractivity contribution in [2.75, 3.05) is 7.05 Å². The molecule has 13 heavy (non-hydrogen) atoms. The standard InChI is InChI=1S/C10H22N2O/c1-7-10(4,5)12(6)9(13)11-8(2)3/h8H,7H2,1-6H3,(H,11,13). The van der Waals surface area contributed by atoms with E-state index in [1.165, 1.54) is 0 Å². The summed E-state index contributed by atoms with van der Waals surface area (Å²) in [6.45, 7) is 10.1. The van der Waals surface area contributed by atoms with Crippen LogP contribution >= 0.6 is 0 Å². The van der Waals surface area contributed by atoms with Gasteiger partial charge in [-0.05, 0) is 34.1 Å². The fourth-order valence-electron chi connectivity index (χ4n) is 0.856. The predicted molar refractivity (Wildman–Crippen MR) is 55.8 cm³/mol. The highest BCUT2D eigenvalue weighted by atomic mass is 16.2. The average molecular weight is 186 g/mol. The van der Waals surface area contributed by atoms with Crippen LogP contribution in [0.3, 0.4) is 0 Å². The Kier molecular flexibility index (Phi) is 4.24. The van der Waals surface area contributed by atoms with Gasteiger partial charge < -0.3 is 10.2 Å². The van der Waals surface area contributed by atoms with E-state index in [0.29, 0.717) is 0 Å². The second-order valence-corrected chi connectivity index (χ2v) is 4.33. The molecule has 0 aliphatic carbocycles. The first-order valence-electron chi connectivity index (χ1n) is 4.85. The molecule has 1 N–H and O–H groups in total. The van der Waals surface area contributed by atoms with Crippen molar-refractivity contribution in [3.05, 3.63) is 0 Å². The maximum Gasteiger partial charge on any atom is 0.317 e. The Balaban J connectivity index is 4.25. The molecule has 0 atom stereocenters. The van der Waals surface area contributed by atoms with E-state index in [9.17, 15) is 4.79 Å². The van der Waals surface area contributed by atoms with Crippen LogP contribution in [0.25, 0.3) is 0 Å². The molecule has 0 aromatic heterocycles. The Morgan fingerprint density at radius 2 is 1.92 bits per heavy atom. The van der Waals surface area contributed by atoms with E-state index in [1.54, 1.807) is 4.90 Å². The van der Waals surface area contributed by atoms with Gasteiger partial charge in [-0.15, -0.1) is 0 Å². The van der Waals surface area contributed by atoms with Gasteiger partial charge in [-0.2, -0.15) is 0 Å². The number of nitrogens with zero attached hydrogens (tertiary/aromatic N) is 1. The van der Waals surface area contributed by atoms with Gasteiger partial charge in [0.25, 0.3) is 0 Å². The van der Waals surface area contributed by atoms with Crippen LogP contribution in [0.5, 0.6) is 0 Å². The monoisotopic (exact) mass is 186 g/mol. The number of carbonyl (C=O) groups excluding carboxylic acids is 1. The van der Waals surface area contributed by atoms with Crippen LogP contribution in [0.2, 0.25) is 0 Å². The van der Waals surface area contributed by atoms with Crippen molar-refractivity contribution < 1.29 is 4.79 Å². The summed E-state index contributed by atoms with van der Waals surface area (Å²) >= 11 is 0. The van der Waals surface area contributed by atoms with Crippen LogP contribution in [0.1, 0.15) is 41.0 Å². The van der Waals surface area contributed by atoms with Crippen molar-refractivity contribution in [2.45, 2.75) is 52.6 Å². The van der Waals surface area contributed by atoms with Gasteiger partial charge in [0.1, 0.15) is 0 Å². The Hall–Kier alpha value is -0.730. The Morgan fingerprint density at radius 1 is 1.46 bits per heavy atom. The summed E-state index contributed by atoms with van der Waals surface area (Å²) in [7, 11) is 1.83. The number of amides is 2. The third kappa shape index (κ3) is 3.66. The van der Waals surface area contributed by atoms with Gasteiger partial charge in [0.05, 0.1) is 0 Å². The molecule has 0 bridgehead atoms. The first kappa shape index (κ1) is 12.3. The van der Waals surface area contributed by atoms with E-state index in [4.69, 9.17) is 0 Å². The largest absolute Gasteiger partial charge is 0.336 e. The summed E-state index contributed by atoms with van der Waals surface area (Å²) in [5.41, 5.74) is -0.0705. The van der Waals surface area contributed by atoms with Gasteiger partial charge in [0.2, 0.25) is 0 Å². The lowest BCUT2D eigenvalue weighted by Gasteiger charge is -2.35. The molecular weight excluding hydrogens is 164 g/mol. The highest BCUT2D eigenvalue weighted by molar-refractivity contribution is 5.74. The highest BCUT2D eigenvalue weighted by Crippen LogP contribution is 2.16. The number of carbonyl (C=O) groups is 1. The Morgan fingerprint density at radius 3 is 2.23 bits per heavy atom. The van der Waals surface area contributed by atoms with E-state index in [-0.39, 0.29) is 17.6 Å². The zero-order valence-corrected chi connectivity index (χ0v) is 9.64. The lowest BCUT2D eigenvalue weighted by atomic mass is 10.0. The predicted octanol–water partition coefficient (Wildman–Crippen LogP) is 2.22. The molecule has 0 fully saturated rings. The first-order chi connectivity index (χ1) is 5.81. The quantitative estimate of drug-likeness (QED) is 0.720. The van der Waals surface area contributed by atoms with Gasteiger partial charge >= 0.3 is 6.03 Å². The summed E-state index contributed by atoms with van der Waals surface area (Å²) in [6, 6.07) is 0.199. The SMILES string of the molecule is CCC(C)(C)N(C)C(=O)NC(C)C. The minimum atomic E-state index is -0.0705. The summed E-state index contributed by atoms with van der Waals surface area (Å²) in [6.07, 6.45) is 0.953. The van der Waals surface area contributed by atoms with Gasteiger partial charge in [-0.1, -0.05) is 6.92 Å².